The van der Waals surface area contributed by atoms with Crippen LogP contribution in [0.3, 0.4) is 0 Å². The molecule has 1 aliphatic heterocycles. The van der Waals surface area contributed by atoms with Crippen molar-refractivity contribution in [2.45, 2.75) is 103 Å². The summed E-state index contributed by atoms with van der Waals surface area (Å²) in [6, 6.07) is 0. The maximum Gasteiger partial charge on any atom is 0.192 e. The minimum Gasteiger partial charge on any atom is -0.414 e. The van der Waals surface area contributed by atoms with Crippen LogP contribution in [0.1, 0.15) is 60.8 Å². The van der Waals surface area contributed by atoms with Crippen LogP contribution in [0.25, 0.3) is 0 Å². The van der Waals surface area contributed by atoms with E-state index < -0.39 is 20.2 Å². The molecule has 1 fully saturated rings. The largest absolute Gasteiger partial charge is 0.414 e. The van der Waals surface area contributed by atoms with Crippen molar-refractivity contribution in [3.63, 3.8) is 0 Å². The van der Waals surface area contributed by atoms with Crippen molar-refractivity contribution < 1.29 is 23.8 Å². The number of Topliss-reactive ketones (excluding diaryl/α,β-unsaturated/α-hetero) is 1. The molecule has 24 heavy (non-hydrogen) atoms. The minimum atomic E-state index is -1.88. The zero-order chi connectivity index (χ0) is 18.8. The zero-order valence-electron chi connectivity index (χ0n) is 16.6. The van der Waals surface area contributed by atoms with Crippen LogP contribution in [0.5, 0.6) is 0 Å². The predicted octanol–water partition coefficient (Wildman–Crippen LogP) is 3.65. The molecule has 6 heteroatoms. The van der Waals surface area contributed by atoms with Crippen LogP contribution >= 0.6 is 0 Å². The monoisotopic (exact) mass is 360 g/mol. The van der Waals surface area contributed by atoms with E-state index in [0.717, 1.165) is 0 Å². The van der Waals surface area contributed by atoms with Crippen LogP contribution in [-0.4, -0.2) is 49.9 Å². The van der Waals surface area contributed by atoms with Crippen LogP contribution in [-0.2, 0) is 18.7 Å². The van der Waals surface area contributed by atoms with Crippen LogP contribution in [0.15, 0.2) is 0 Å². The van der Waals surface area contributed by atoms with Gasteiger partial charge >= 0.3 is 0 Å². The Balaban J connectivity index is 2.57. The van der Waals surface area contributed by atoms with Gasteiger partial charge in [0.2, 0.25) is 0 Å². The lowest BCUT2D eigenvalue weighted by molar-refractivity contribution is -0.149. The molecule has 1 N–H and O–H groups in total. The summed E-state index contributed by atoms with van der Waals surface area (Å²) < 4.78 is 17.9. The van der Waals surface area contributed by atoms with E-state index in [2.05, 4.69) is 33.9 Å². The van der Waals surface area contributed by atoms with E-state index in [1.54, 1.807) is 6.92 Å². The number of ketones is 1. The summed E-state index contributed by atoms with van der Waals surface area (Å²) in [4.78, 5) is 11.2. The first kappa shape index (κ1) is 21.8. The number of rotatable bonds is 8. The lowest BCUT2D eigenvalue weighted by Gasteiger charge is -2.37. The Kier molecular flexibility index (Phi) is 7.21. The SMILES string of the molecule is CC(=O)CC[C@H]1OC(C)(C)O[C@H]1C[C@H](O)CO[Si](C)(C)C(C)(C)C. The van der Waals surface area contributed by atoms with Gasteiger partial charge in [-0.15, -0.1) is 0 Å². The van der Waals surface area contributed by atoms with Gasteiger partial charge in [0.15, 0.2) is 14.1 Å². The highest BCUT2D eigenvalue weighted by Crippen LogP contribution is 2.37. The fourth-order valence-electron chi connectivity index (χ4n) is 2.56. The van der Waals surface area contributed by atoms with Crippen molar-refractivity contribution in [3.8, 4) is 0 Å². The molecule has 0 aromatic rings. The molecule has 0 unspecified atom stereocenters. The third kappa shape index (κ3) is 6.56. The minimum absolute atomic E-state index is 0.117. The van der Waals surface area contributed by atoms with Crippen molar-refractivity contribution in [3.05, 3.63) is 0 Å². The molecule has 0 spiro atoms. The Morgan fingerprint density at radius 2 is 1.79 bits per heavy atom. The number of ether oxygens (including phenoxy) is 2. The number of hydrogen-bond donors (Lipinski definition) is 1. The van der Waals surface area contributed by atoms with Gasteiger partial charge in [-0.1, -0.05) is 20.8 Å². The third-order valence-corrected chi connectivity index (χ3v) is 9.51. The molecule has 1 heterocycles. The molecule has 0 saturated carbocycles. The number of aliphatic hydroxyl groups is 1. The van der Waals surface area contributed by atoms with Crippen molar-refractivity contribution >= 4 is 14.1 Å². The topological polar surface area (TPSA) is 65.0 Å². The Morgan fingerprint density at radius 1 is 1.25 bits per heavy atom. The van der Waals surface area contributed by atoms with Crippen LogP contribution < -0.4 is 0 Å². The molecule has 0 aromatic heterocycles. The molecule has 0 aliphatic carbocycles. The average Bonchev–Trinajstić information content (AvgIpc) is 2.67. The molecule has 0 aromatic carbocycles. The van der Waals surface area contributed by atoms with Gasteiger partial charge in [0.25, 0.3) is 0 Å². The van der Waals surface area contributed by atoms with Gasteiger partial charge in [-0.25, -0.2) is 0 Å². The quantitative estimate of drug-likeness (QED) is 0.669. The van der Waals surface area contributed by atoms with Crippen LogP contribution in [0.2, 0.25) is 18.1 Å². The highest BCUT2D eigenvalue weighted by molar-refractivity contribution is 6.74. The summed E-state index contributed by atoms with van der Waals surface area (Å²) in [7, 11) is -1.88. The van der Waals surface area contributed by atoms with Gasteiger partial charge in [-0.3, -0.25) is 0 Å². The van der Waals surface area contributed by atoms with Crippen LogP contribution in [0, 0.1) is 0 Å². The summed E-state index contributed by atoms with van der Waals surface area (Å²) in [5, 5.41) is 10.5. The molecule has 0 amide bonds. The highest BCUT2D eigenvalue weighted by Gasteiger charge is 2.42. The first-order valence-electron chi connectivity index (χ1n) is 8.90. The van der Waals surface area contributed by atoms with Crippen molar-refractivity contribution in [2.75, 3.05) is 6.61 Å². The van der Waals surface area contributed by atoms with E-state index in [-0.39, 0.29) is 23.0 Å². The van der Waals surface area contributed by atoms with E-state index >= 15 is 0 Å². The summed E-state index contributed by atoms with van der Waals surface area (Å²) in [5.41, 5.74) is 0. The summed E-state index contributed by atoms with van der Waals surface area (Å²) in [6.07, 6.45) is 0.585. The van der Waals surface area contributed by atoms with Gasteiger partial charge in [0, 0.05) is 12.8 Å². The normalized spacial score (nSPS) is 25.7. The van der Waals surface area contributed by atoms with Crippen molar-refractivity contribution in [1.82, 2.24) is 0 Å². The van der Waals surface area contributed by atoms with E-state index in [1.807, 2.05) is 13.8 Å². The molecule has 142 valence electrons. The van der Waals surface area contributed by atoms with E-state index in [1.165, 1.54) is 0 Å². The molecule has 1 aliphatic rings. The third-order valence-electron chi connectivity index (χ3n) is 5.01. The maximum atomic E-state index is 11.2. The molecule has 3 atom stereocenters. The smallest absolute Gasteiger partial charge is 0.192 e. The standard InChI is InChI=1S/C18H36O5Si/c1-13(19)9-10-15-16(23-18(5,6)22-15)11-14(20)12-21-24(7,8)17(2,3)4/h14-16,20H,9-12H2,1-8H3/t14-,15+,16-/m0/s1. The average molecular weight is 361 g/mol. The van der Waals surface area contributed by atoms with Gasteiger partial charge < -0.3 is 23.8 Å². The lowest BCUT2D eigenvalue weighted by Crippen LogP contribution is -2.43. The molecule has 5 nitrogen and oxygen atoms in total. The molecule has 1 saturated heterocycles. The molecule has 0 radical (unpaired) electrons. The second-order valence-electron chi connectivity index (χ2n) is 8.91. The number of carbonyl (C=O) groups is 1. The Labute approximate surface area is 148 Å². The fraction of sp³-hybridized carbons (Fsp3) is 0.944. The summed E-state index contributed by atoms with van der Waals surface area (Å²) in [6.45, 7) is 16.5. The Bertz CT molecular complexity index is 428. The number of aliphatic hydroxyl groups excluding tert-OH is 1. The first-order valence-corrected chi connectivity index (χ1v) is 11.8. The summed E-state index contributed by atoms with van der Waals surface area (Å²) >= 11 is 0. The van der Waals surface area contributed by atoms with E-state index in [9.17, 15) is 9.90 Å². The van der Waals surface area contributed by atoms with Crippen LogP contribution in [0.4, 0.5) is 0 Å². The second-order valence-corrected chi connectivity index (χ2v) is 13.7. The van der Waals surface area contributed by atoms with Gasteiger partial charge in [0.05, 0.1) is 24.9 Å². The Morgan fingerprint density at radius 3 is 2.29 bits per heavy atom. The zero-order valence-corrected chi connectivity index (χ0v) is 17.6. The lowest BCUT2D eigenvalue weighted by atomic mass is 10.0. The molecule has 1 rings (SSSR count). The molecular formula is C18H36O5Si. The van der Waals surface area contributed by atoms with E-state index in [0.29, 0.717) is 25.9 Å². The van der Waals surface area contributed by atoms with E-state index in [4.69, 9.17) is 13.9 Å². The molecule has 0 bridgehead atoms. The van der Waals surface area contributed by atoms with Gasteiger partial charge in [-0.2, -0.15) is 0 Å². The second kappa shape index (κ2) is 7.95. The highest BCUT2D eigenvalue weighted by atomic mass is 28.4. The van der Waals surface area contributed by atoms with Crippen molar-refractivity contribution in [2.24, 2.45) is 0 Å². The predicted molar refractivity (Wildman–Crippen MR) is 97.5 cm³/mol. The Hall–Kier alpha value is -0.273. The number of carbonyl (C=O) groups excluding carboxylic acids is 1. The maximum absolute atomic E-state index is 11.2. The molecular weight excluding hydrogens is 324 g/mol. The first-order chi connectivity index (χ1) is 10.7. The summed E-state index contributed by atoms with van der Waals surface area (Å²) in [5.74, 6) is -0.532. The van der Waals surface area contributed by atoms with Crippen molar-refractivity contribution in [1.29, 1.82) is 0 Å². The van der Waals surface area contributed by atoms with Gasteiger partial charge in [-0.05, 0) is 45.3 Å². The fourth-order valence-corrected chi connectivity index (χ4v) is 3.60. The van der Waals surface area contributed by atoms with Gasteiger partial charge in [0.1, 0.15) is 5.78 Å². The number of hydrogen-bond acceptors (Lipinski definition) is 5.